The number of esters is 1. The minimum atomic E-state index is -4.80. The second-order valence-corrected chi connectivity index (χ2v) is 5.50. The van der Waals surface area contributed by atoms with Crippen LogP contribution in [-0.4, -0.2) is 24.3 Å². The van der Waals surface area contributed by atoms with E-state index in [1.807, 2.05) is 0 Å². The minimum Gasteiger partial charge on any atom is -0.449 e. The van der Waals surface area contributed by atoms with Gasteiger partial charge in [0.05, 0.1) is 10.6 Å². The largest absolute Gasteiger partial charge is 0.573 e. The minimum absolute atomic E-state index is 0.113. The van der Waals surface area contributed by atoms with Gasteiger partial charge in [-0.05, 0) is 43.3 Å². The lowest BCUT2D eigenvalue weighted by Crippen LogP contribution is -2.30. The molecule has 0 spiro atoms. The Hall–Kier alpha value is -2.74. The summed E-state index contributed by atoms with van der Waals surface area (Å²) in [5, 5.41) is 2.60. The number of alkyl halides is 3. The van der Waals surface area contributed by atoms with Crippen molar-refractivity contribution >= 4 is 29.2 Å². The van der Waals surface area contributed by atoms with E-state index in [2.05, 4.69) is 10.1 Å². The van der Waals surface area contributed by atoms with Crippen molar-refractivity contribution in [2.45, 2.75) is 19.4 Å². The van der Waals surface area contributed by atoms with Crippen LogP contribution in [0.15, 0.2) is 48.5 Å². The van der Waals surface area contributed by atoms with Crippen LogP contribution in [0.3, 0.4) is 0 Å². The molecule has 1 unspecified atom stereocenters. The van der Waals surface area contributed by atoms with Gasteiger partial charge in [-0.25, -0.2) is 4.79 Å². The number of anilines is 1. The van der Waals surface area contributed by atoms with E-state index in [1.165, 1.54) is 31.2 Å². The van der Waals surface area contributed by atoms with Gasteiger partial charge >= 0.3 is 12.3 Å². The second kappa shape index (κ2) is 8.09. The number of hydrogen-bond donors (Lipinski definition) is 1. The topological polar surface area (TPSA) is 64.6 Å². The fourth-order valence-electron chi connectivity index (χ4n) is 1.89. The van der Waals surface area contributed by atoms with Crippen molar-refractivity contribution in [3.05, 3.63) is 59.1 Å². The van der Waals surface area contributed by atoms with Crippen LogP contribution in [0.5, 0.6) is 5.75 Å². The number of benzene rings is 2. The Balaban J connectivity index is 1.94. The molecule has 1 amide bonds. The maximum Gasteiger partial charge on any atom is 0.573 e. The first-order valence-electron chi connectivity index (χ1n) is 7.28. The molecule has 0 saturated heterocycles. The van der Waals surface area contributed by atoms with Crippen LogP contribution < -0.4 is 10.1 Å². The smallest absolute Gasteiger partial charge is 0.449 e. The van der Waals surface area contributed by atoms with Gasteiger partial charge in [0.2, 0.25) is 0 Å². The van der Waals surface area contributed by atoms with E-state index >= 15 is 0 Å². The molecule has 1 atom stereocenters. The molecule has 0 aliphatic carbocycles. The van der Waals surface area contributed by atoms with Gasteiger partial charge < -0.3 is 14.8 Å². The molecule has 2 aromatic rings. The van der Waals surface area contributed by atoms with Crippen LogP contribution in [0, 0.1) is 0 Å². The molecule has 5 nitrogen and oxygen atoms in total. The summed E-state index contributed by atoms with van der Waals surface area (Å²) in [6.07, 6.45) is -5.95. The highest BCUT2D eigenvalue weighted by Gasteiger charge is 2.31. The fraction of sp³-hybridized carbons (Fsp3) is 0.176. The van der Waals surface area contributed by atoms with Crippen molar-refractivity contribution in [2.75, 3.05) is 5.32 Å². The van der Waals surface area contributed by atoms with E-state index in [9.17, 15) is 22.8 Å². The van der Waals surface area contributed by atoms with Crippen LogP contribution in [0.1, 0.15) is 17.3 Å². The van der Waals surface area contributed by atoms with E-state index < -0.39 is 30.1 Å². The van der Waals surface area contributed by atoms with Crippen molar-refractivity contribution in [2.24, 2.45) is 0 Å². The lowest BCUT2D eigenvalue weighted by atomic mass is 10.2. The monoisotopic (exact) mass is 387 g/mol. The third-order valence-corrected chi connectivity index (χ3v) is 3.43. The van der Waals surface area contributed by atoms with Gasteiger partial charge in [0.15, 0.2) is 6.10 Å². The van der Waals surface area contributed by atoms with Crippen molar-refractivity contribution in [1.82, 2.24) is 0 Å². The molecule has 0 saturated carbocycles. The third-order valence-electron chi connectivity index (χ3n) is 3.10. The fourth-order valence-corrected chi connectivity index (χ4v) is 2.10. The quantitative estimate of drug-likeness (QED) is 0.771. The number of hydrogen-bond acceptors (Lipinski definition) is 4. The zero-order chi connectivity index (χ0) is 19.3. The summed E-state index contributed by atoms with van der Waals surface area (Å²) in [4.78, 5) is 24.0. The first-order chi connectivity index (χ1) is 12.2. The predicted octanol–water partition coefficient (Wildman–Crippen LogP) is 4.42. The first-order valence-corrected chi connectivity index (χ1v) is 7.65. The number of ether oxygens (including phenoxy) is 2. The Morgan fingerprint density at radius 2 is 1.69 bits per heavy atom. The zero-order valence-corrected chi connectivity index (χ0v) is 14.1. The van der Waals surface area contributed by atoms with Crippen LogP contribution in [0.25, 0.3) is 0 Å². The van der Waals surface area contributed by atoms with Gasteiger partial charge in [-0.2, -0.15) is 0 Å². The molecule has 0 aliphatic heterocycles. The van der Waals surface area contributed by atoms with Crippen LogP contribution in [0.4, 0.5) is 18.9 Å². The molecule has 0 aliphatic rings. The lowest BCUT2D eigenvalue weighted by molar-refractivity contribution is -0.274. The summed E-state index contributed by atoms with van der Waals surface area (Å²) < 4.78 is 45.1. The number of amides is 1. The van der Waals surface area contributed by atoms with E-state index in [0.717, 1.165) is 12.1 Å². The Labute approximate surface area is 151 Å². The van der Waals surface area contributed by atoms with Gasteiger partial charge in [-0.3, -0.25) is 4.79 Å². The molecule has 0 radical (unpaired) electrons. The maximum absolute atomic E-state index is 12.1. The average molecular weight is 388 g/mol. The Kier molecular flexibility index (Phi) is 6.10. The number of rotatable bonds is 5. The highest BCUT2D eigenvalue weighted by molar-refractivity contribution is 6.33. The molecular weight excluding hydrogens is 375 g/mol. The van der Waals surface area contributed by atoms with Gasteiger partial charge in [0.25, 0.3) is 5.91 Å². The molecule has 9 heteroatoms. The molecule has 0 heterocycles. The lowest BCUT2D eigenvalue weighted by Gasteiger charge is -2.14. The SMILES string of the molecule is CC(OC(=O)c1ccccc1Cl)C(=O)Nc1ccc(OC(F)(F)F)cc1. The van der Waals surface area contributed by atoms with E-state index in [-0.39, 0.29) is 16.3 Å². The first kappa shape index (κ1) is 19.6. The number of carbonyl (C=O) groups is 2. The molecule has 0 bridgehead atoms. The molecule has 1 N–H and O–H groups in total. The standard InChI is InChI=1S/C17H13ClF3NO4/c1-10(25-16(24)13-4-2-3-5-14(13)18)15(23)22-11-6-8-12(9-7-11)26-17(19,20)21/h2-10H,1H3,(H,22,23). The average Bonchev–Trinajstić information content (AvgIpc) is 2.55. The molecule has 2 aromatic carbocycles. The normalized spacial score (nSPS) is 12.2. The van der Waals surface area contributed by atoms with Crippen molar-refractivity contribution in [3.63, 3.8) is 0 Å². The van der Waals surface area contributed by atoms with Crippen molar-refractivity contribution in [3.8, 4) is 5.75 Å². The maximum atomic E-state index is 12.1. The Morgan fingerprint density at radius 1 is 1.08 bits per heavy atom. The van der Waals surface area contributed by atoms with Crippen molar-refractivity contribution < 1.29 is 32.2 Å². The van der Waals surface area contributed by atoms with Crippen LogP contribution >= 0.6 is 11.6 Å². The van der Waals surface area contributed by atoms with E-state index in [4.69, 9.17) is 16.3 Å². The number of nitrogens with one attached hydrogen (secondary N) is 1. The Bertz CT molecular complexity index is 793. The van der Waals surface area contributed by atoms with E-state index in [0.29, 0.717) is 0 Å². The molecule has 2 rings (SSSR count). The summed E-state index contributed by atoms with van der Waals surface area (Å²) in [6, 6.07) is 10.7. The molecule has 26 heavy (non-hydrogen) atoms. The van der Waals surface area contributed by atoms with Gasteiger partial charge in [0.1, 0.15) is 5.75 Å². The summed E-state index contributed by atoms with van der Waals surface area (Å²) in [7, 11) is 0. The van der Waals surface area contributed by atoms with Gasteiger partial charge in [-0.15, -0.1) is 13.2 Å². The second-order valence-electron chi connectivity index (χ2n) is 5.09. The molecule has 0 aromatic heterocycles. The molecule has 138 valence electrons. The summed E-state index contributed by atoms with van der Waals surface area (Å²) in [5.41, 5.74) is 0.327. The molecule has 0 fully saturated rings. The highest BCUT2D eigenvalue weighted by atomic mass is 35.5. The summed E-state index contributed by atoms with van der Waals surface area (Å²) >= 11 is 5.88. The number of carbonyl (C=O) groups excluding carboxylic acids is 2. The summed E-state index contributed by atoms with van der Waals surface area (Å²) in [6.45, 7) is 1.35. The molecular formula is C17H13ClF3NO4. The number of halogens is 4. The predicted molar refractivity (Wildman–Crippen MR) is 88.1 cm³/mol. The van der Waals surface area contributed by atoms with E-state index in [1.54, 1.807) is 12.1 Å². The van der Waals surface area contributed by atoms with Crippen LogP contribution in [-0.2, 0) is 9.53 Å². The zero-order valence-electron chi connectivity index (χ0n) is 13.3. The van der Waals surface area contributed by atoms with Crippen LogP contribution in [0.2, 0.25) is 5.02 Å². The third kappa shape index (κ3) is 5.66. The van der Waals surface area contributed by atoms with Gasteiger partial charge in [0, 0.05) is 5.69 Å². The Morgan fingerprint density at radius 3 is 2.27 bits per heavy atom. The van der Waals surface area contributed by atoms with Crippen molar-refractivity contribution in [1.29, 1.82) is 0 Å². The summed E-state index contributed by atoms with van der Waals surface area (Å²) in [5.74, 6) is -1.85. The van der Waals surface area contributed by atoms with Gasteiger partial charge in [-0.1, -0.05) is 23.7 Å². The highest BCUT2D eigenvalue weighted by Crippen LogP contribution is 2.24.